The second-order valence-electron chi connectivity index (χ2n) is 6.04. The summed E-state index contributed by atoms with van der Waals surface area (Å²) < 4.78 is 7.29. The Labute approximate surface area is 148 Å². The Kier molecular flexibility index (Phi) is 4.37. The Morgan fingerprint density at radius 3 is 3.04 bits per heavy atom. The van der Waals surface area contributed by atoms with Gasteiger partial charge in [0.2, 0.25) is 11.5 Å². The SMILES string of the molecule is O=[N+]([O-])c1c(N(Cc2cccs2)CC2CCCO2)nc2ccccn12. The van der Waals surface area contributed by atoms with E-state index in [2.05, 4.69) is 4.98 Å². The van der Waals surface area contributed by atoms with Crippen LogP contribution in [0.3, 0.4) is 0 Å². The summed E-state index contributed by atoms with van der Waals surface area (Å²) in [5, 5.41) is 13.7. The fourth-order valence-electron chi connectivity index (χ4n) is 3.20. The Morgan fingerprint density at radius 1 is 1.40 bits per heavy atom. The molecule has 0 saturated carbocycles. The average molecular weight is 358 g/mol. The number of nitro groups is 1. The summed E-state index contributed by atoms with van der Waals surface area (Å²) in [7, 11) is 0. The van der Waals surface area contributed by atoms with Crippen LogP contribution in [0.2, 0.25) is 0 Å². The molecule has 7 nitrogen and oxygen atoms in total. The first kappa shape index (κ1) is 16.0. The largest absolute Gasteiger partial charge is 0.376 e. The van der Waals surface area contributed by atoms with Crippen LogP contribution in [-0.2, 0) is 11.3 Å². The smallest absolute Gasteiger partial charge is 0.372 e. The molecular weight excluding hydrogens is 340 g/mol. The molecule has 0 N–H and O–H groups in total. The zero-order chi connectivity index (χ0) is 17.2. The molecule has 3 aromatic rings. The molecule has 0 spiro atoms. The zero-order valence-corrected chi connectivity index (χ0v) is 14.4. The number of hydrogen-bond acceptors (Lipinski definition) is 6. The highest BCUT2D eigenvalue weighted by molar-refractivity contribution is 7.09. The topological polar surface area (TPSA) is 72.9 Å². The van der Waals surface area contributed by atoms with Crippen molar-refractivity contribution in [2.45, 2.75) is 25.5 Å². The minimum absolute atomic E-state index is 0.00477. The molecule has 1 fully saturated rings. The number of pyridine rings is 1. The highest BCUT2D eigenvalue weighted by Gasteiger charge is 2.29. The van der Waals surface area contributed by atoms with Gasteiger partial charge in [0.05, 0.1) is 18.8 Å². The number of ether oxygens (including phenoxy) is 1. The lowest BCUT2D eigenvalue weighted by molar-refractivity contribution is -0.389. The molecule has 0 aliphatic carbocycles. The average Bonchev–Trinajstić information content (AvgIpc) is 3.34. The number of anilines is 1. The lowest BCUT2D eigenvalue weighted by Crippen LogP contribution is -2.32. The number of nitrogens with zero attached hydrogens (tertiary/aromatic N) is 4. The predicted molar refractivity (Wildman–Crippen MR) is 96.2 cm³/mol. The van der Waals surface area contributed by atoms with Gasteiger partial charge >= 0.3 is 5.82 Å². The van der Waals surface area contributed by atoms with Gasteiger partial charge in [-0.2, -0.15) is 9.38 Å². The van der Waals surface area contributed by atoms with Crippen LogP contribution >= 0.6 is 11.3 Å². The van der Waals surface area contributed by atoms with Gasteiger partial charge in [-0.25, -0.2) is 0 Å². The molecule has 3 aromatic heterocycles. The molecule has 0 bridgehead atoms. The lowest BCUT2D eigenvalue weighted by atomic mass is 10.2. The third-order valence-corrected chi connectivity index (χ3v) is 5.20. The molecule has 1 atom stereocenters. The van der Waals surface area contributed by atoms with Gasteiger partial charge in [0, 0.05) is 24.1 Å². The van der Waals surface area contributed by atoms with Crippen LogP contribution in [0.15, 0.2) is 41.9 Å². The molecule has 0 amide bonds. The molecule has 1 saturated heterocycles. The maximum absolute atomic E-state index is 11.7. The van der Waals surface area contributed by atoms with Crippen molar-refractivity contribution in [2.75, 3.05) is 18.1 Å². The van der Waals surface area contributed by atoms with Gasteiger partial charge in [-0.1, -0.05) is 12.1 Å². The third-order valence-electron chi connectivity index (χ3n) is 4.33. The zero-order valence-electron chi connectivity index (χ0n) is 13.6. The van der Waals surface area contributed by atoms with Crippen molar-refractivity contribution in [3.05, 3.63) is 56.9 Å². The van der Waals surface area contributed by atoms with Crippen molar-refractivity contribution in [2.24, 2.45) is 0 Å². The molecule has 130 valence electrons. The van der Waals surface area contributed by atoms with E-state index in [0.717, 1.165) is 24.3 Å². The van der Waals surface area contributed by atoms with E-state index in [-0.39, 0.29) is 16.8 Å². The molecular formula is C17H18N4O3S. The minimum Gasteiger partial charge on any atom is -0.376 e. The number of rotatable bonds is 6. The summed E-state index contributed by atoms with van der Waals surface area (Å²) >= 11 is 1.64. The number of imidazole rings is 1. The second-order valence-corrected chi connectivity index (χ2v) is 7.07. The monoisotopic (exact) mass is 358 g/mol. The maximum Gasteiger partial charge on any atom is 0.372 e. The Morgan fingerprint density at radius 2 is 2.32 bits per heavy atom. The van der Waals surface area contributed by atoms with E-state index in [1.807, 2.05) is 28.5 Å². The molecule has 25 heavy (non-hydrogen) atoms. The molecule has 4 rings (SSSR count). The van der Waals surface area contributed by atoms with E-state index >= 15 is 0 Å². The van der Waals surface area contributed by atoms with Gasteiger partial charge in [-0.15, -0.1) is 11.3 Å². The van der Waals surface area contributed by atoms with E-state index in [1.165, 1.54) is 4.40 Å². The van der Waals surface area contributed by atoms with E-state index in [4.69, 9.17) is 4.74 Å². The number of thiophene rings is 1. The van der Waals surface area contributed by atoms with Crippen LogP contribution in [0.1, 0.15) is 17.7 Å². The van der Waals surface area contributed by atoms with Crippen molar-refractivity contribution in [3.63, 3.8) is 0 Å². The first-order chi connectivity index (χ1) is 12.2. The van der Waals surface area contributed by atoms with Crippen LogP contribution in [0.25, 0.3) is 5.65 Å². The van der Waals surface area contributed by atoms with Crippen molar-refractivity contribution >= 4 is 28.6 Å². The van der Waals surface area contributed by atoms with Crippen molar-refractivity contribution in [1.82, 2.24) is 9.38 Å². The normalized spacial score (nSPS) is 17.2. The maximum atomic E-state index is 11.7. The van der Waals surface area contributed by atoms with Crippen molar-refractivity contribution in [1.29, 1.82) is 0 Å². The summed E-state index contributed by atoms with van der Waals surface area (Å²) in [5.74, 6) is 0.408. The van der Waals surface area contributed by atoms with E-state index < -0.39 is 0 Å². The highest BCUT2D eigenvalue weighted by atomic mass is 32.1. The van der Waals surface area contributed by atoms with Gasteiger partial charge in [-0.05, 0) is 35.3 Å². The fourth-order valence-corrected chi connectivity index (χ4v) is 3.92. The molecule has 4 heterocycles. The molecule has 1 aliphatic heterocycles. The number of fused-ring (bicyclic) bond motifs is 1. The molecule has 1 aliphatic rings. The van der Waals surface area contributed by atoms with E-state index in [0.29, 0.717) is 24.6 Å². The fraction of sp³-hybridized carbons (Fsp3) is 0.353. The van der Waals surface area contributed by atoms with Gasteiger partial charge < -0.3 is 19.8 Å². The van der Waals surface area contributed by atoms with Gasteiger partial charge in [-0.3, -0.25) is 0 Å². The number of aromatic nitrogens is 2. The Balaban J connectivity index is 1.76. The summed E-state index contributed by atoms with van der Waals surface area (Å²) in [6.45, 7) is 1.94. The van der Waals surface area contributed by atoms with E-state index in [1.54, 1.807) is 29.7 Å². The van der Waals surface area contributed by atoms with Crippen molar-refractivity contribution in [3.8, 4) is 0 Å². The summed E-state index contributed by atoms with van der Waals surface area (Å²) in [4.78, 5) is 19.1. The second kappa shape index (κ2) is 6.81. The van der Waals surface area contributed by atoms with Crippen LogP contribution in [0.5, 0.6) is 0 Å². The molecule has 0 aromatic carbocycles. The Bertz CT molecular complexity index is 871. The summed E-state index contributed by atoms with van der Waals surface area (Å²) in [6.07, 6.45) is 3.77. The Hall–Kier alpha value is -2.45. The number of hydrogen-bond donors (Lipinski definition) is 0. The van der Waals surface area contributed by atoms with Crippen LogP contribution in [0.4, 0.5) is 11.6 Å². The van der Waals surface area contributed by atoms with Crippen LogP contribution < -0.4 is 4.90 Å². The summed E-state index contributed by atoms with van der Waals surface area (Å²) in [5.41, 5.74) is 0.577. The van der Waals surface area contributed by atoms with Crippen molar-refractivity contribution < 1.29 is 9.66 Å². The van der Waals surface area contributed by atoms with Gasteiger partial charge in [0.1, 0.15) is 0 Å². The summed E-state index contributed by atoms with van der Waals surface area (Å²) in [6, 6.07) is 9.41. The predicted octanol–water partition coefficient (Wildman–Crippen LogP) is 3.49. The quantitative estimate of drug-likeness (QED) is 0.498. The van der Waals surface area contributed by atoms with E-state index in [9.17, 15) is 10.1 Å². The minimum atomic E-state index is -0.355. The molecule has 8 heteroatoms. The van der Waals surface area contributed by atoms with Gasteiger partial charge in [0.15, 0.2) is 0 Å². The highest BCUT2D eigenvalue weighted by Crippen LogP contribution is 2.31. The first-order valence-electron chi connectivity index (χ1n) is 8.23. The third kappa shape index (κ3) is 3.22. The van der Waals surface area contributed by atoms with Crippen LogP contribution in [-0.4, -0.2) is 33.6 Å². The standard InChI is InChI=1S/C17H18N4O3S/c22-21(23)17-16(18-15-7-1-2-8-20(15)17)19(11-13-5-3-9-24-13)12-14-6-4-10-25-14/h1-2,4,6-8,10,13H,3,5,9,11-12H2. The van der Waals surface area contributed by atoms with Gasteiger partial charge in [0.25, 0.3) is 0 Å². The lowest BCUT2D eigenvalue weighted by Gasteiger charge is -2.24. The molecule has 0 radical (unpaired) electrons. The van der Waals surface area contributed by atoms with Crippen LogP contribution in [0, 0.1) is 10.1 Å². The molecule has 1 unspecified atom stereocenters. The first-order valence-corrected chi connectivity index (χ1v) is 9.11.